The summed E-state index contributed by atoms with van der Waals surface area (Å²) < 4.78 is 5.21. The number of rotatable bonds is 8. The number of piperazine rings is 1. The molecule has 6 nitrogen and oxygen atoms in total. The summed E-state index contributed by atoms with van der Waals surface area (Å²) in [5, 5.41) is 3.82. The molecule has 2 aliphatic rings. The van der Waals surface area contributed by atoms with Gasteiger partial charge in [-0.15, -0.1) is 0 Å². The molecule has 0 unspecified atom stereocenters. The van der Waals surface area contributed by atoms with Crippen LogP contribution in [0.3, 0.4) is 0 Å². The fraction of sp³-hybridized carbons (Fsp3) is 0.481. The van der Waals surface area contributed by atoms with E-state index in [-0.39, 0.29) is 17.9 Å². The molecule has 1 saturated carbocycles. The van der Waals surface area contributed by atoms with Crippen LogP contribution in [-0.2, 0) is 11.2 Å². The van der Waals surface area contributed by atoms with Crippen LogP contribution in [0.15, 0.2) is 48.5 Å². The van der Waals surface area contributed by atoms with E-state index in [9.17, 15) is 9.59 Å². The average Bonchev–Trinajstić information content (AvgIpc) is 3.39. The molecule has 2 aromatic rings. The first-order valence-corrected chi connectivity index (χ1v) is 12.6. The van der Waals surface area contributed by atoms with Gasteiger partial charge in [0.25, 0.3) is 5.91 Å². The third kappa shape index (κ3) is 6.10. The van der Waals surface area contributed by atoms with Crippen LogP contribution in [0.2, 0.25) is 5.02 Å². The zero-order valence-electron chi connectivity index (χ0n) is 19.8. The molecule has 1 aliphatic heterocycles. The van der Waals surface area contributed by atoms with Gasteiger partial charge >= 0.3 is 0 Å². The Morgan fingerprint density at radius 3 is 2.26 bits per heavy atom. The molecule has 0 spiro atoms. The average molecular weight is 484 g/mol. The van der Waals surface area contributed by atoms with Crippen LogP contribution in [0.5, 0.6) is 5.75 Å². The maximum Gasteiger partial charge on any atom is 0.253 e. The summed E-state index contributed by atoms with van der Waals surface area (Å²) in [6.07, 6.45) is 5.36. The SMILES string of the molecule is COc1ccc(CCNC(=O)[C@H](C2CCCC2)N2CCN(C(=O)c3ccc(Cl)cc3)CC2)cc1. The number of halogens is 1. The number of hydrogen-bond donors (Lipinski definition) is 1. The summed E-state index contributed by atoms with van der Waals surface area (Å²) in [6, 6.07) is 14.9. The van der Waals surface area contributed by atoms with Gasteiger partial charge in [0.1, 0.15) is 5.75 Å². The second-order valence-corrected chi connectivity index (χ2v) is 9.65. The molecule has 1 saturated heterocycles. The topological polar surface area (TPSA) is 61.9 Å². The standard InChI is InChI=1S/C27H34ClN3O3/c1-34-24-12-6-20(7-13-24)14-15-29-26(32)25(21-4-2-3-5-21)30-16-18-31(19-17-30)27(33)22-8-10-23(28)11-9-22/h6-13,21,25H,2-5,14-19H2,1H3,(H,29,32)/t25-/m0/s1. The largest absolute Gasteiger partial charge is 0.497 e. The predicted octanol–water partition coefficient (Wildman–Crippen LogP) is 4.02. The number of hydrogen-bond acceptors (Lipinski definition) is 4. The van der Waals surface area contributed by atoms with Crippen LogP contribution in [0.25, 0.3) is 0 Å². The first-order valence-electron chi connectivity index (χ1n) is 12.2. The summed E-state index contributed by atoms with van der Waals surface area (Å²) >= 11 is 5.96. The van der Waals surface area contributed by atoms with Crippen molar-refractivity contribution in [3.05, 3.63) is 64.7 Å². The van der Waals surface area contributed by atoms with Gasteiger partial charge in [0, 0.05) is 43.3 Å². The van der Waals surface area contributed by atoms with Crippen molar-refractivity contribution in [2.75, 3.05) is 39.8 Å². The number of ether oxygens (including phenoxy) is 1. The van der Waals surface area contributed by atoms with Crippen LogP contribution in [0, 0.1) is 5.92 Å². The molecule has 0 radical (unpaired) electrons. The van der Waals surface area contributed by atoms with Crippen LogP contribution in [0.1, 0.15) is 41.6 Å². The molecule has 34 heavy (non-hydrogen) atoms. The molecule has 1 atom stereocenters. The van der Waals surface area contributed by atoms with Gasteiger partial charge in [-0.05, 0) is 67.1 Å². The molecule has 182 valence electrons. The Hall–Kier alpha value is -2.57. The Morgan fingerprint density at radius 2 is 1.65 bits per heavy atom. The second-order valence-electron chi connectivity index (χ2n) is 9.21. The van der Waals surface area contributed by atoms with Gasteiger partial charge in [-0.1, -0.05) is 36.6 Å². The normalized spacial score (nSPS) is 18.0. The molecule has 7 heteroatoms. The lowest BCUT2D eigenvalue weighted by atomic mass is 9.94. The molecule has 2 aromatic carbocycles. The highest BCUT2D eigenvalue weighted by atomic mass is 35.5. The third-order valence-corrected chi connectivity index (χ3v) is 7.32. The second kappa shape index (κ2) is 11.7. The Bertz CT molecular complexity index is 950. The lowest BCUT2D eigenvalue weighted by Crippen LogP contribution is -2.58. The van der Waals surface area contributed by atoms with Crippen molar-refractivity contribution in [2.24, 2.45) is 5.92 Å². The third-order valence-electron chi connectivity index (χ3n) is 7.07. The van der Waals surface area contributed by atoms with Gasteiger partial charge in [0.05, 0.1) is 13.2 Å². The van der Waals surface area contributed by atoms with E-state index in [1.807, 2.05) is 29.2 Å². The fourth-order valence-corrected chi connectivity index (χ4v) is 5.28. The minimum absolute atomic E-state index is 0.0256. The Morgan fingerprint density at radius 1 is 1.00 bits per heavy atom. The van der Waals surface area contributed by atoms with E-state index >= 15 is 0 Å². The Kier molecular flexibility index (Phi) is 8.46. The molecule has 1 aliphatic carbocycles. The quantitative estimate of drug-likeness (QED) is 0.616. The van der Waals surface area contributed by atoms with Crippen LogP contribution in [0.4, 0.5) is 0 Å². The minimum atomic E-state index is -0.119. The number of nitrogens with one attached hydrogen (secondary N) is 1. The van der Waals surface area contributed by atoms with E-state index < -0.39 is 0 Å². The summed E-state index contributed by atoms with van der Waals surface area (Å²) in [7, 11) is 1.66. The van der Waals surface area contributed by atoms with E-state index in [1.54, 1.807) is 31.4 Å². The highest BCUT2D eigenvalue weighted by Gasteiger charge is 2.37. The van der Waals surface area contributed by atoms with Crippen molar-refractivity contribution in [2.45, 2.75) is 38.1 Å². The molecule has 2 amide bonds. The first-order chi connectivity index (χ1) is 16.5. The van der Waals surface area contributed by atoms with Crippen LogP contribution in [-0.4, -0.2) is 67.5 Å². The lowest BCUT2D eigenvalue weighted by molar-refractivity contribution is -0.129. The molecule has 2 fully saturated rings. The molecule has 1 heterocycles. The summed E-state index contributed by atoms with van der Waals surface area (Å²) in [5.41, 5.74) is 1.83. The van der Waals surface area contributed by atoms with Crippen molar-refractivity contribution in [1.29, 1.82) is 0 Å². The van der Waals surface area contributed by atoms with E-state index in [0.29, 0.717) is 49.2 Å². The zero-order chi connectivity index (χ0) is 23.9. The van der Waals surface area contributed by atoms with Gasteiger partial charge in [-0.2, -0.15) is 0 Å². The number of carbonyl (C=O) groups is 2. The number of amides is 2. The molecular formula is C27H34ClN3O3. The van der Waals surface area contributed by atoms with Gasteiger partial charge < -0.3 is 15.0 Å². The lowest BCUT2D eigenvalue weighted by Gasteiger charge is -2.40. The fourth-order valence-electron chi connectivity index (χ4n) is 5.16. The van der Waals surface area contributed by atoms with E-state index in [4.69, 9.17) is 16.3 Å². The van der Waals surface area contributed by atoms with Crippen molar-refractivity contribution in [3.63, 3.8) is 0 Å². The maximum atomic E-state index is 13.3. The van der Waals surface area contributed by atoms with Crippen molar-refractivity contribution >= 4 is 23.4 Å². The number of nitrogens with zero attached hydrogens (tertiary/aromatic N) is 2. The number of benzene rings is 2. The van der Waals surface area contributed by atoms with E-state index in [1.165, 1.54) is 18.4 Å². The molecule has 4 rings (SSSR count). The van der Waals surface area contributed by atoms with Gasteiger partial charge in [0.15, 0.2) is 0 Å². The summed E-state index contributed by atoms with van der Waals surface area (Å²) in [5.74, 6) is 1.37. The molecule has 0 aromatic heterocycles. The van der Waals surface area contributed by atoms with Gasteiger partial charge in [0.2, 0.25) is 5.91 Å². The van der Waals surface area contributed by atoms with Gasteiger partial charge in [-0.3, -0.25) is 14.5 Å². The van der Waals surface area contributed by atoms with Gasteiger partial charge in [-0.25, -0.2) is 0 Å². The van der Waals surface area contributed by atoms with Crippen molar-refractivity contribution in [1.82, 2.24) is 15.1 Å². The Labute approximate surface area is 207 Å². The molecule has 0 bridgehead atoms. The Balaban J connectivity index is 1.33. The van der Waals surface area contributed by atoms with Crippen molar-refractivity contribution in [3.8, 4) is 5.75 Å². The predicted molar refractivity (Wildman–Crippen MR) is 134 cm³/mol. The summed E-state index contributed by atoms with van der Waals surface area (Å²) in [6.45, 7) is 3.30. The first kappa shape index (κ1) is 24.6. The highest BCUT2D eigenvalue weighted by molar-refractivity contribution is 6.30. The number of methoxy groups -OCH3 is 1. The maximum absolute atomic E-state index is 13.3. The van der Waals surface area contributed by atoms with Crippen molar-refractivity contribution < 1.29 is 14.3 Å². The highest BCUT2D eigenvalue weighted by Crippen LogP contribution is 2.31. The summed E-state index contributed by atoms with van der Waals surface area (Å²) in [4.78, 5) is 30.4. The monoisotopic (exact) mass is 483 g/mol. The van der Waals surface area contributed by atoms with Crippen LogP contribution >= 0.6 is 11.6 Å². The smallest absolute Gasteiger partial charge is 0.253 e. The van der Waals surface area contributed by atoms with E-state index in [0.717, 1.165) is 25.0 Å². The zero-order valence-corrected chi connectivity index (χ0v) is 20.6. The van der Waals surface area contributed by atoms with E-state index in [2.05, 4.69) is 10.2 Å². The molecular weight excluding hydrogens is 450 g/mol. The minimum Gasteiger partial charge on any atom is -0.497 e. The number of carbonyl (C=O) groups excluding carboxylic acids is 2. The molecule has 1 N–H and O–H groups in total. The van der Waals surface area contributed by atoms with Crippen LogP contribution < -0.4 is 10.1 Å².